The predicted molar refractivity (Wildman–Crippen MR) is 293 cm³/mol. The molecule has 2 amide bonds. The molecule has 0 spiro atoms. The molecule has 4 N–H and O–H groups in total. The second-order valence-corrected chi connectivity index (χ2v) is 24.6. The van der Waals surface area contributed by atoms with Crippen molar-refractivity contribution in [3.8, 4) is 35.2 Å². The molecule has 6 rings (SSSR count). The van der Waals surface area contributed by atoms with Gasteiger partial charge in [-0.15, -0.1) is 5.92 Å². The van der Waals surface area contributed by atoms with Gasteiger partial charge in [-0.05, 0) is 102 Å². The smallest absolute Gasteiger partial charge is 0.411 e. The van der Waals surface area contributed by atoms with Gasteiger partial charge in [-0.3, -0.25) is 14.9 Å². The molecule has 0 fully saturated rings. The van der Waals surface area contributed by atoms with Gasteiger partial charge in [0.15, 0.2) is 17.3 Å². The van der Waals surface area contributed by atoms with Gasteiger partial charge in [-0.25, -0.2) is 9.78 Å². The summed E-state index contributed by atoms with van der Waals surface area (Å²) < 4.78 is 17.4. The van der Waals surface area contributed by atoms with E-state index in [1.165, 1.54) is 7.11 Å². The van der Waals surface area contributed by atoms with E-state index in [9.17, 15) is 24.6 Å². The van der Waals surface area contributed by atoms with Crippen molar-refractivity contribution >= 4 is 71.4 Å². The van der Waals surface area contributed by atoms with Crippen molar-refractivity contribution < 1.29 is 38.8 Å². The van der Waals surface area contributed by atoms with Gasteiger partial charge in [-0.1, -0.05) is 118 Å². The van der Waals surface area contributed by atoms with Crippen molar-refractivity contribution in [2.24, 2.45) is 22.2 Å². The van der Waals surface area contributed by atoms with E-state index in [2.05, 4.69) is 65.0 Å². The summed E-state index contributed by atoms with van der Waals surface area (Å²) in [5.74, 6) is 13.2. The molecular formula is C56H70N4O8S3. The molecule has 3 aromatic rings. The molecule has 12 nitrogen and oxygen atoms in total. The van der Waals surface area contributed by atoms with E-state index in [0.29, 0.717) is 60.9 Å². The van der Waals surface area contributed by atoms with E-state index in [1.807, 2.05) is 88.4 Å². The molecule has 3 aliphatic rings. The Morgan fingerprint density at radius 3 is 2.32 bits per heavy atom. The number of allylic oxidation sites excluding steroid dienone is 5. The lowest BCUT2D eigenvalue weighted by atomic mass is 9.69. The number of Topliss-reactive ketones (excluding diaryl/α,β-unsaturated/α-hetero) is 1. The number of aliphatic hydroxyl groups is 2. The first-order chi connectivity index (χ1) is 33.6. The van der Waals surface area contributed by atoms with Crippen LogP contribution in [0.5, 0.6) is 11.5 Å². The Balaban J connectivity index is 0.000000299. The fraction of sp³-hybridized carbons (Fsp3) is 0.464. The summed E-state index contributed by atoms with van der Waals surface area (Å²) in [5, 5.41) is 27.9. The highest BCUT2D eigenvalue weighted by atomic mass is 33.5. The van der Waals surface area contributed by atoms with E-state index < -0.39 is 17.1 Å². The molecule has 2 aliphatic heterocycles. The monoisotopic (exact) mass is 1020 g/mol. The second kappa shape index (κ2) is 24.9. The zero-order valence-electron chi connectivity index (χ0n) is 43.2. The molecule has 2 unspecified atom stereocenters. The normalized spacial score (nSPS) is 17.7. The van der Waals surface area contributed by atoms with Crippen LogP contribution in [0, 0.1) is 45.8 Å². The fourth-order valence-electron chi connectivity index (χ4n) is 7.54. The lowest BCUT2D eigenvalue weighted by molar-refractivity contribution is -0.116. The number of hydrogen-bond acceptors (Lipinski definition) is 13. The van der Waals surface area contributed by atoms with E-state index in [-0.39, 0.29) is 47.7 Å². The number of methoxy groups -OCH3 is 1. The van der Waals surface area contributed by atoms with Crippen molar-refractivity contribution in [1.82, 2.24) is 15.2 Å². The molecule has 3 heterocycles. The molecule has 0 saturated heterocycles. The van der Waals surface area contributed by atoms with Crippen LogP contribution in [-0.4, -0.2) is 95.0 Å². The zero-order valence-corrected chi connectivity index (χ0v) is 45.7. The number of nitrogens with one attached hydrogen (secondary N) is 2. The Morgan fingerprint density at radius 2 is 1.65 bits per heavy atom. The van der Waals surface area contributed by atoms with Gasteiger partial charge < -0.3 is 34.6 Å². The van der Waals surface area contributed by atoms with Crippen LogP contribution in [0.1, 0.15) is 105 Å². The maximum absolute atomic E-state index is 14.1. The van der Waals surface area contributed by atoms with Crippen LogP contribution in [0.2, 0.25) is 0 Å². The number of hydrogen-bond donors (Lipinski definition) is 4. The summed E-state index contributed by atoms with van der Waals surface area (Å²) in [7, 11) is 6.41. The minimum Gasteiger partial charge on any atom is -0.489 e. The number of anilines is 1. The van der Waals surface area contributed by atoms with Gasteiger partial charge in [0.1, 0.15) is 0 Å². The summed E-state index contributed by atoms with van der Waals surface area (Å²) in [5.41, 5.74) is 3.80. The topological polar surface area (TPSA) is 160 Å². The third-order valence-corrected chi connectivity index (χ3v) is 17.6. The average molecular weight is 1020 g/mol. The number of ketones is 1. The second-order valence-electron chi connectivity index (χ2n) is 20.2. The molecule has 0 bridgehead atoms. The number of aromatic nitrogens is 1. The number of ether oxygens (including phenoxy) is 3. The molecule has 1 aliphatic carbocycles. The van der Waals surface area contributed by atoms with Crippen LogP contribution in [0.3, 0.4) is 0 Å². The number of amides is 2. The van der Waals surface area contributed by atoms with Crippen molar-refractivity contribution in [2.75, 3.05) is 50.8 Å². The van der Waals surface area contributed by atoms with Crippen LogP contribution in [-0.2, 0) is 9.53 Å². The number of rotatable bonds is 16. The molecular weight excluding hydrogens is 953 g/mol. The Kier molecular flexibility index (Phi) is 19.9. The first-order valence-corrected chi connectivity index (χ1v) is 27.7. The molecule has 0 saturated carbocycles. The number of alkyl carbamates (subject to hydrolysis) is 1. The number of carbonyl (C=O) groups is 3. The SMILES string of the molecule is CC#C/C=C\C#CCC1=C(NC(=O)OC)C(=O)CC(C)/C1=C/CSSSC.CC(C)(O)C(C)(C)COc1cc2c(cc1OCC(C)(C)C(C)(C)CO)NCC1CC(c3ccc4ccccc4n3)=CN1C2=O. The number of fused-ring (bicyclic) bond motifs is 3. The standard InChI is InChI=1S/C36H47N3O5.C20H23NO3S3/c1-33(2,20-40)34(3,4)21-43-31-17-29-26(16-30(31)44-22-35(5,6)36(7,8)42)32(41)39-19-24(15-25(39)18-37-29)28-14-13-23-11-9-10-12-27(23)38-28;1-5-6-7-8-9-10-11-17-16(12-13-26-27-25-4)15(2)14-18(22)19(17)21-20(23)24-3/h9-14,16-17,19,25,37,40,42H,15,18,20-22H2,1-8H3;7-8,12,15H,11,13-14H2,1-4H3,(H,21,23)/b;8-7-,16-12-. The average Bonchev–Trinajstić information content (AvgIpc) is 3.72. The van der Waals surface area contributed by atoms with E-state index in [4.69, 9.17) is 14.5 Å². The number of para-hydroxylation sites is 1. The third-order valence-electron chi connectivity index (χ3n) is 13.8. The summed E-state index contributed by atoms with van der Waals surface area (Å²) in [6, 6.07) is 15.7. The van der Waals surface area contributed by atoms with Crippen LogP contribution in [0.4, 0.5) is 10.5 Å². The van der Waals surface area contributed by atoms with Crippen LogP contribution >= 0.6 is 31.4 Å². The number of carbonyl (C=O) groups excluding carboxylic acids is 3. The molecule has 1 aromatic heterocycles. The van der Waals surface area contributed by atoms with Crippen molar-refractivity contribution in [1.29, 1.82) is 0 Å². The Labute approximate surface area is 432 Å². The molecule has 71 heavy (non-hydrogen) atoms. The largest absolute Gasteiger partial charge is 0.489 e. The lowest BCUT2D eigenvalue weighted by Crippen LogP contribution is -2.43. The van der Waals surface area contributed by atoms with E-state index in [1.54, 1.807) is 70.4 Å². The summed E-state index contributed by atoms with van der Waals surface area (Å²) >= 11 is 0. The molecule has 2 atom stereocenters. The molecule has 2 aromatic carbocycles. The van der Waals surface area contributed by atoms with Crippen molar-refractivity contribution in [2.45, 2.75) is 100 Å². The van der Waals surface area contributed by atoms with Gasteiger partial charge in [-0.2, -0.15) is 0 Å². The van der Waals surface area contributed by atoms with E-state index in [0.717, 1.165) is 39.1 Å². The zero-order chi connectivity index (χ0) is 52.1. The minimum absolute atomic E-state index is 0.0220. The number of benzene rings is 2. The van der Waals surface area contributed by atoms with Gasteiger partial charge >= 0.3 is 6.09 Å². The maximum atomic E-state index is 14.1. The highest BCUT2D eigenvalue weighted by Crippen LogP contribution is 2.44. The van der Waals surface area contributed by atoms with Gasteiger partial charge in [0, 0.05) is 60.2 Å². The van der Waals surface area contributed by atoms with Crippen molar-refractivity contribution in [3.05, 3.63) is 101 Å². The Hall–Kier alpha value is -5.29. The maximum Gasteiger partial charge on any atom is 0.411 e. The quantitative estimate of drug-likeness (QED) is 0.0611. The fourth-order valence-corrected chi connectivity index (χ4v) is 9.97. The van der Waals surface area contributed by atoms with Crippen LogP contribution < -0.4 is 20.1 Å². The highest BCUT2D eigenvalue weighted by molar-refractivity contribution is 9.09. The Bertz CT molecular complexity index is 2690. The summed E-state index contributed by atoms with van der Waals surface area (Å²) in [6.07, 6.45) is 10.2. The minimum atomic E-state index is -0.995. The molecule has 0 radical (unpaired) electrons. The van der Waals surface area contributed by atoms with Gasteiger partial charge in [0.05, 0.1) is 60.1 Å². The summed E-state index contributed by atoms with van der Waals surface area (Å²) in [4.78, 5) is 45.0. The Morgan fingerprint density at radius 1 is 0.958 bits per heavy atom. The van der Waals surface area contributed by atoms with Crippen LogP contribution in [0.15, 0.2) is 89.8 Å². The lowest BCUT2D eigenvalue weighted by Gasteiger charge is -2.40. The highest BCUT2D eigenvalue weighted by Gasteiger charge is 2.40. The molecule has 15 heteroatoms. The number of nitrogens with zero attached hydrogens (tertiary/aromatic N) is 2. The molecule has 380 valence electrons. The number of aliphatic hydroxyl groups excluding tert-OH is 1. The van der Waals surface area contributed by atoms with Gasteiger partial charge in [0.2, 0.25) is 0 Å². The van der Waals surface area contributed by atoms with Crippen LogP contribution in [0.25, 0.3) is 16.5 Å². The van der Waals surface area contributed by atoms with E-state index >= 15 is 0 Å². The van der Waals surface area contributed by atoms with Crippen molar-refractivity contribution in [3.63, 3.8) is 0 Å². The predicted octanol–water partition coefficient (Wildman–Crippen LogP) is 11.3. The third kappa shape index (κ3) is 14.4. The van der Waals surface area contributed by atoms with Gasteiger partial charge in [0.25, 0.3) is 5.91 Å². The summed E-state index contributed by atoms with van der Waals surface area (Å²) in [6.45, 7) is 20.5. The first kappa shape index (κ1) is 56.6. The first-order valence-electron chi connectivity index (χ1n) is 23.7. The number of pyridine rings is 1.